The van der Waals surface area contributed by atoms with Gasteiger partial charge in [-0.05, 0) is 6.92 Å². The summed E-state index contributed by atoms with van der Waals surface area (Å²) in [6.07, 6.45) is 2.40. The van der Waals surface area contributed by atoms with Crippen molar-refractivity contribution in [3.63, 3.8) is 0 Å². The fraction of sp³-hybridized carbons (Fsp3) is 0.417. The van der Waals surface area contributed by atoms with Gasteiger partial charge in [0.1, 0.15) is 11.9 Å². The fourth-order valence-electron chi connectivity index (χ4n) is 2.01. The van der Waals surface area contributed by atoms with Crippen molar-refractivity contribution in [2.45, 2.75) is 13.5 Å². The molecule has 2 rings (SSSR count). The Balaban J connectivity index is 2.17. The molecular weight excluding hydrogens is 264 g/mol. The highest BCUT2D eigenvalue weighted by atomic mass is 16.4. The summed E-state index contributed by atoms with van der Waals surface area (Å²) < 4.78 is 0. The maximum Gasteiger partial charge on any atom is 0.339 e. The van der Waals surface area contributed by atoms with Crippen molar-refractivity contribution in [3.05, 3.63) is 23.8 Å². The van der Waals surface area contributed by atoms with Gasteiger partial charge in [-0.2, -0.15) is 0 Å². The number of hydrogen-bond acceptors (Lipinski definition) is 5. The Hall–Kier alpha value is -2.51. The molecule has 106 valence electrons. The molecule has 1 aromatic rings. The summed E-state index contributed by atoms with van der Waals surface area (Å²) in [7, 11) is 0. The van der Waals surface area contributed by atoms with Gasteiger partial charge in [0, 0.05) is 25.8 Å². The van der Waals surface area contributed by atoms with Crippen molar-refractivity contribution in [1.82, 2.24) is 19.8 Å². The second-order valence-corrected chi connectivity index (χ2v) is 4.30. The highest BCUT2D eigenvalue weighted by Gasteiger charge is 2.32. The lowest BCUT2D eigenvalue weighted by Crippen LogP contribution is -2.53. The number of rotatable bonds is 4. The molecule has 0 spiro atoms. The van der Waals surface area contributed by atoms with Crippen molar-refractivity contribution in [2.24, 2.45) is 0 Å². The molecule has 8 nitrogen and oxygen atoms in total. The smallest absolute Gasteiger partial charge is 0.339 e. The van der Waals surface area contributed by atoms with E-state index < -0.39 is 17.8 Å². The zero-order chi connectivity index (χ0) is 14.7. The van der Waals surface area contributed by atoms with E-state index in [-0.39, 0.29) is 17.8 Å². The van der Waals surface area contributed by atoms with Crippen LogP contribution in [0.3, 0.4) is 0 Å². The highest BCUT2D eigenvalue weighted by Crippen LogP contribution is 2.12. The summed E-state index contributed by atoms with van der Waals surface area (Å²) in [6, 6.07) is 0. The molecule has 1 aromatic heterocycles. The SMILES string of the molecule is CCN1CCN(Cc2ncncc2C(=O)O)C(=O)C1=O. The molecule has 1 N–H and O–H groups in total. The van der Waals surface area contributed by atoms with Crippen LogP contribution in [0.15, 0.2) is 12.5 Å². The third-order valence-corrected chi connectivity index (χ3v) is 3.14. The number of carboxylic acid groups (broad SMARTS) is 1. The van der Waals surface area contributed by atoms with Crippen molar-refractivity contribution in [1.29, 1.82) is 0 Å². The maximum absolute atomic E-state index is 11.9. The first-order valence-electron chi connectivity index (χ1n) is 6.15. The molecule has 0 unspecified atom stereocenters. The molecule has 1 saturated heterocycles. The molecule has 2 heterocycles. The van der Waals surface area contributed by atoms with Crippen LogP contribution in [0.4, 0.5) is 0 Å². The Kier molecular flexibility index (Phi) is 3.92. The zero-order valence-electron chi connectivity index (χ0n) is 10.9. The average Bonchev–Trinajstić information content (AvgIpc) is 2.44. The molecule has 0 aliphatic carbocycles. The summed E-state index contributed by atoms with van der Waals surface area (Å²) in [5.74, 6) is -2.36. The average molecular weight is 278 g/mol. The van der Waals surface area contributed by atoms with Crippen molar-refractivity contribution >= 4 is 17.8 Å². The quantitative estimate of drug-likeness (QED) is 0.735. The van der Waals surface area contributed by atoms with E-state index in [0.717, 1.165) is 0 Å². The molecular formula is C12H14N4O4. The van der Waals surface area contributed by atoms with Gasteiger partial charge >= 0.3 is 17.8 Å². The van der Waals surface area contributed by atoms with Crippen LogP contribution in [0.1, 0.15) is 23.0 Å². The number of aromatic carboxylic acids is 1. The summed E-state index contributed by atoms with van der Waals surface area (Å²) in [4.78, 5) is 45.0. The number of carboxylic acids is 1. The van der Waals surface area contributed by atoms with Crippen molar-refractivity contribution in [3.8, 4) is 0 Å². The van der Waals surface area contributed by atoms with Crippen molar-refractivity contribution in [2.75, 3.05) is 19.6 Å². The zero-order valence-corrected chi connectivity index (χ0v) is 10.9. The first kappa shape index (κ1) is 13.9. The van der Waals surface area contributed by atoms with Crippen LogP contribution in [0, 0.1) is 0 Å². The second kappa shape index (κ2) is 5.64. The molecule has 20 heavy (non-hydrogen) atoms. The molecule has 0 saturated carbocycles. The number of nitrogens with zero attached hydrogens (tertiary/aromatic N) is 4. The molecule has 2 amide bonds. The number of hydrogen-bond donors (Lipinski definition) is 1. The fourth-order valence-corrected chi connectivity index (χ4v) is 2.01. The van der Waals surface area contributed by atoms with Gasteiger partial charge < -0.3 is 14.9 Å². The minimum Gasteiger partial charge on any atom is -0.478 e. The molecule has 0 atom stereocenters. The Morgan fingerprint density at radius 3 is 2.60 bits per heavy atom. The lowest BCUT2D eigenvalue weighted by Gasteiger charge is -2.32. The number of carbonyl (C=O) groups excluding carboxylic acids is 2. The molecule has 1 fully saturated rings. The van der Waals surface area contributed by atoms with Gasteiger partial charge in [-0.15, -0.1) is 0 Å². The number of piperazine rings is 1. The van der Waals surface area contributed by atoms with E-state index in [9.17, 15) is 14.4 Å². The summed E-state index contributed by atoms with van der Waals surface area (Å²) in [6.45, 7) is 3.07. The number of carbonyl (C=O) groups is 3. The lowest BCUT2D eigenvalue weighted by atomic mass is 10.2. The highest BCUT2D eigenvalue weighted by molar-refractivity contribution is 6.35. The van der Waals surface area contributed by atoms with Gasteiger partial charge in [-0.3, -0.25) is 9.59 Å². The second-order valence-electron chi connectivity index (χ2n) is 4.30. The standard InChI is InChI=1S/C12H14N4O4/c1-2-15-3-4-16(11(18)10(15)17)6-9-8(12(19)20)5-13-7-14-9/h5,7H,2-4,6H2,1H3,(H,19,20). The number of likely N-dealkylation sites (N-methyl/N-ethyl adjacent to an activating group) is 1. The summed E-state index contributed by atoms with van der Waals surface area (Å²) in [5, 5.41) is 9.03. The van der Waals surface area contributed by atoms with Crippen LogP contribution in [0.2, 0.25) is 0 Å². The lowest BCUT2D eigenvalue weighted by molar-refractivity contribution is -0.156. The monoisotopic (exact) mass is 278 g/mol. The van der Waals surface area contributed by atoms with E-state index in [1.165, 1.54) is 22.3 Å². The van der Waals surface area contributed by atoms with Gasteiger partial charge in [0.2, 0.25) is 0 Å². The van der Waals surface area contributed by atoms with Crippen LogP contribution >= 0.6 is 0 Å². The van der Waals surface area contributed by atoms with Crippen LogP contribution < -0.4 is 0 Å². The summed E-state index contributed by atoms with van der Waals surface area (Å²) >= 11 is 0. The van der Waals surface area contributed by atoms with E-state index in [4.69, 9.17) is 5.11 Å². The molecule has 8 heteroatoms. The normalized spacial score (nSPS) is 15.7. The molecule has 1 aliphatic heterocycles. The molecule has 0 bridgehead atoms. The largest absolute Gasteiger partial charge is 0.478 e. The first-order valence-corrected chi connectivity index (χ1v) is 6.15. The van der Waals surface area contributed by atoms with Crippen LogP contribution in [0.5, 0.6) is 0 Å². The Morgan fingerprint density at radius 1 is 1.30 bits per heavy atom. The number of aromatic nitrogens is 2. The van der Waals surface area contributed by atoms with Gasteiger partial charge in [0.15, 0.2) is 0 Å². The molecule has 0 radical (unpaired) electrons. The Morgan fingerprint density at radius 2 is 1.95 bits per heavy atom. The topological polar surface area (TPSA) is 104 Å². The molecule has 0 aromatic carbocycles. The van der Waals surface area contributed by atoms with Crippen LogP contribution in [-0.4, -0.2) is 62.3 Å². The number of amides is 2. The van der Waals surface area contributed by atoms with E-state index in [1.54, 1.807) is 6.92 Å². The third-order valence-electron chi connectivity index (χ3n) is 3.14. The van der Waals surface area contributed by atoms with E-state index in [0.29, 0.717) is 19.6 Å². The Labute approximate surface area is 115 Å². The van der Waals surface area contributed by atoms with Crippen molar-refractivity contribution < 1.29 is 19.5 Å². The predicted molar refractivity (Wildman–Crippen MR) is 66.7 cm³/mol. The van der Waals surface area contributed by atoms with Crippen LogP contribution in [0.25, 0.3) is 0 Å². The van der Waals surface area contributed by atoms with Gasteiger partial charge in [0.25, 0.3) is 0 Å². The van der Waals surface area contributed by atoms with Gasteiger partial charge in [-0.1, -0.05) is 0 Å². The summed E-state index contributed by atoms with van der Waals surface area (Å²) in [5.41, 5.74) is 0.157. The Bertz CT molecular complexity index is 560. The van der Waals surface area contributed by atoms with E-state index in [2.05, 4.69) is 9.97 Å². The van der Waals surface area contributed by atoms with Crippen LogP contribution in [-0.2, 0) is 16.1 Å². The minimum atomic E-state index is -1.16. The van der Waals surface area contributed by atoms with E-state index >= 15 is 0 Å². The minimum absolute atomic E-state index is 0.00766. The first-order chi connectivity index (χ1) is 9.54. The van der Waals surface area contributed by atoms with Gasteiger partial charge in [0.05, 0.1) is 12.2 Å². The van der Waals surface area contributed by atoms with Gasteiger partial charge in [-0.25, -0.2) is 14.8 Å². The molecule has 1 aliphatic rings. The third kappa shape index (κ3) is 2.58. The predicted octanol–water partition coefficient (Wildman–Crippen LogP) is -0.634. The van der Waals surface area contributed by atoms with E-state index in [1.807, 2.05) is 0 Å². The maximum atomic E-state index is 11.9.